The molecule has 0 aromatic carbocycles. The lowest BCUT2D eigenvalue weighted by molar-refractivity contribution is -0.119. The zero-order valence-electron chi connectivity index (χ0n) is 17.9. The van der Waals surface area contributed by atoms with Crippen LogP contribution in [0.1, 0.15) is 39.2 Å². The fourth-order valence-electron chi connectivity index (χ4n) is 4.00. The molecule has 9 heteroatoms. The van der Waals surface area contributed by atoms with Crippen LogP contribution in [0.3, 0.4) is 0 Å². The number of thiophene rings is 1. The van der Waals surface area contributed by atoms with Crippen molar-refractivity contribution in [3.05, 3.63) is 33.6 Å². The van der Waals surface area contributed by atoms with Crippen molar-refractivity contribution in [1.29, 1.82) is 0 Å². The van der Waals surface area contributed by atoms with Gasteiger partial charge >= 0.3 is 0 Å². The molecule has 0 N–H and O–H groups in total. The molecule has 4 rings (SSSR count). The number of anilines is 2. The Kier molecular flexibility index (Phi) is 5.75. The Hall–Kier alpha value is -2.52. The van der Waals surface area contributed by atoms with Gasteiger partial charge in [-0.25, -0.2) is 9.97 Å². The first kappa shape index (κ1) is 20.7. The molecule has 2 aromatic rings. The molecular formula is C21H27N5O3S. The van der Waals surface area contributed by atoms with E-state index in [4.69, 9.17) is 9.72 Å². The van der Waals surface area contributed by atoms with Gasteiger partial charge in [0.15, 0.2) is 0 Å². The van der Waals surface area contributed by atoms with Crippen LogP contribution in [0.25, 0.3) is 0 Å². The number of carbonyl (C=O) groups excluding carboxylic acids is 2. The monoisotopic (exact) mass is 429 g/mol. The third-order valence-electron chi connectivity index (χ3n) is 5.56. The van der Waals surface area contributed by atoms with Gasteiger partial charge in [-0.15, -0.1) is 11.3 Å². The first-order chi connectivity index (χ1) is 14.4. The summed E-state index contributed by atoms with van der Waals surface area (Å²) in [6.07, 6.45) is 1.54. The molecule has 0 saturated carbocycles. The van der Waals surface area contributed by atoms with E-state index in [2.05, 4.69) is 16.8 Å². The van der Waals surface area contributed by atoms with E-state index < -0.39 is 0 Å². The number of hydrogen-bond donors (Lipinski definition) is 0. The van der Waals surface area contributed by atoms with E-state index in [0.29, 0.717) is 25.3 Å². The van der Waals surface area contributed by atoms with Crippen LogP contribution in [-0.2, 0) is 28.9 Å². The topological polar surface area (TPSA) is 78.9 Å². The molecule has 2 amide bonds. The summed E-state index contributed by atoms with van der Waals surface area (Å²) in [7, 11) is 3.31. The third kappa shape index (κ3) is 3.67. The van der Waals surface area contributed by atoms with Crippen LogP contribution in [0.2, 0.25) is 0 Å². The summed E-state index contributed by atoms with van der Waals surface area (Å²) in [5.41, 5.74) is 2.71. The fourth-order valence-corrected chi connectivity index (χ4v) is 5.40. The summed E-state index contributed by atoms with van der Waals surface area (Å²) >= 11 is 1.55. The lowest BCUT2D eigenvalue weighted by Crippen LogP contribution is -2.39. The Morgan fingerprint density at radius 1 is 1.23 bits per heavy atom. The predicted molar refractivity (Wildman–Crippen MR) is 116 cm³/mol. The Bertz CT molecular complexity index is 989. The van der Waals surface area contributed by atoms with Crippen molar-refractivity contribution in [2.45, 2.75) is 33.2 Å². The Morgan fingerprint density at radius 3 is 2.77 bits per heavy atom. The normalized spacial score (nSPS) is 16.6. The Labute approximate surface area is 180 Å². The second-order valence-electron chi connectivity index (χ2n) is 7.69. The van der Waals surface area contributed by atoms with Crippen LogP contribution in [0.15, 0.2) is 6.07 Å². The van der Waals surface area contributed by atoms with Gasteiger partial charge < -0.3 is 14.5 Å². The zero-order valence-corrected chi connectivity index (χ0v) is 18.7. The van der Waals surface area contributed by atoms with Crippen LogP contribution in [-0.4, -0.2) is 67.1 Å². The number of amides is 2. The summed E-state index contributed by atoms with van der Waals surface area (Å²) in [6, 6.07) is 2.01. The van der Waals surface area contributed by atoms with Gasteiger partial charge in [-0.2, -0.15) is 0 Å². The first-order valence-electron chi connectivity index (χ1n) is 10.2. The van der Waals surface area contributed by atoms with E-state index in [1.807, 2.05) is 13.0 Å². The molecule has 0 aliphatic carbocycles. The lowest BCUT2D eigenvalue weighted by Gasteiger charge is -2.29. The number of aryl methyl sites for hydroxylation is 2. The third-order valence-corrected chi connectivity index (χ3v) is 6.80. The SMILES string of the molecule is CCc1nc(C)cc(N2CCc3c(sc4c3C(=O)N(C)CC(=O)N4CCOC)C2)n1. The van der Waals surface area contributed by atoms with Gasteiger partial charge in [0.25, 0.3) is 5.91 Å². The maximum absolute atomic E-state index is 13.1. The number of nitrogens with zero attached hydrogens (tertiary/aromatic N) is 5. The predicted octanol–water partition coefficient (Wildman–Crippen LogP) is 2.04. The quantitative estimate of drug-likeness (QED) is 0.724. The van der Waals surface area contributed by atoms with Crippen LogP contribution >= 0.6 is 11.3 Å². The molecule has 2 aliphatic heterocycles. The number of ether oxygens (including phenoxy) is 1. The molecule has 0 unspecified atom stereocenters. The molecule has 0 atom stereocenters. The van der Waals surface area contributed by atoms with Crippen molar-refractivity contribution >= 4 is 34.0 Å². The minimum Gasteiger partial charge on any atom is -0.383 e. The number of likely N-dealkylation sites (N-methyl/N-ethyl adjacent to an activating group) is 1. The Morgan fingerprint density at radius 2 is 2.03 bits per heavy atom. The van der Waals surface area contributed by atoms with Crippen LogP contribution in [0.5, 0.6) is 0 Å². The maximum atomic E-state index is 13.1. The van der Waals surface area contributed by atoms with Gasteiger partial charge in [0.1, 0.15) is 23.2 Å². The molecule has 0 radical (unpaired) electrons. The smallest absolute Gasteiger partial charge is 0.257 e. The number of rotatable bonds is 5. The van der Waals surface area contributed by atoms with Gasteiger partial charge in [-0.3, -0.25) is 14.5 Å². The summed E-state index contributed by atoms with van der Waals surface area (Å²) in [4.78, 5) is 41.7. The average Bonchev–Trinajstić information content (AvgIpc) is 3.07. The number of methoxy groups -OCH3 is 1. The summed E-state index contributed by atoms with van der Waals surface area (Å²) in [5.74, 6) is 1.61. The molecule has 2 aromatic heterocycles. The minimum absolute atomic E-state index is 0.0730. The highest BCUT2D eigenvalue weighted by molar-refractivity contribution is 7.17. The largest absolute Gasteiger partial charge is 0.383 e. The van der Waals surface area contributed by atoms with Crippen molar-refractivity contribution in [1.82, 2.24) is 14.9 Å². The van der Waals surface area contributed by atoms with Gasteiger partial charge in [0.2, 0.25) is 5.91 Å². The van der Waals surface area contributed by atoms with Crippen LogP contribution < -0.4 is 9.80 Å². The van der Waals surface area contributed by atoms with E-state index in [0.717, 1.165) is 52.2 Å². The number of carbonyl (C=O) groups is 2. The van der Waals surface area contributed by atoms with Crippen LogP contribution in [0.4, 0.5) is 10.8 Å². The zero-order chi connectivity index (χ0) is 21.4. The molecule has 30 heavy (non-hydrogen) atoms. The maximum Gasteiger partial charge on any atom is 0.257 e. The lowest BCUT2D eigenvalue weighted by atomic mass is 10.0. The number of fused-ring (bicyclic) bond motifs is 3. The van der Waals surface area contributed by atoms with Crippen LogP contribution in [0, 0.1) is 6.92 Å². The molecule has 160 valence electrons. The van der Waals surface area contributed by atoms with Crippen molar-refractivity contribution in [3.8, 4) is 0 Å². The summed E-state index contributed by atoms with van der Waals surface area (Å²) in [6.45, 7) is 6.45. The average molecular weight is 430 g/mol. The number of aromatic nitrogens is 2. The van der Waals surface area contributed by atoms with Gasteiger partial charge in [0.05, 0.1) is 25.3 Å². The highest BCUT2D eigenvalue weighted by Gasteiger charge is 2.36. The highest BCUT2D eigenvalue weighted by Crippen LogP contribution is 2.41. The molecule has 8 nitrogen and oxygen atoms in total. The number of hydrogen-bond acceptors (Lipinski definition) is 7. The van der Waals surface area contributed by atoms with Gasteiger partial charge in [0, 0.05) is 43.8 Å². The molecule has 0 saturated heterocycles. The first-order valence-corrected chi connectivity index (χ1v) is 11.0. The molecule has 0 fully saturated rings. The molecule has 0 spiro atoms. The standard InChI is InChI=1S/C21H27N5O3S/c1-5-16-22-13(2)10-17(23-16)25-7-6-14-15(11-25)30-21-19(14)20(28)24(3)12-18(27)26(21)8-9-29-4/h10H,5-9,11-12H2,1-4H3. The van der Waals surface area contributed by atoms with Crippen molar-refractivity contribution in [3.63, 3.8) is 0 Å². The second-order valence-corrected chi connectivity index (χ2v) is 8.78. The molecule has 2 aliphatic rings. The molecule has 0 bridgehead atoms. The molecular weight excluding hydrogens is 402 g/mol. The fraction of sp³-hybridized carbons (Fsp3) is 0.524. The van der Waals surface area contributed by atoms with Crippen molar-refractivity contribution in [2.24, 2.45) is 0 Å². The summed E-state index contributed by atoms with van der Waals surface area (Å²) < 4.78 is 5.20. The second kappa shape index (κ2) is 8.31. The van der Waals surface area contributed by atoms with Gasteiger partial charge in [-0.05, 0) is 18.9 Å². The van der Waals surface area contributed by atoms with E-state index in [-0.39, 0.29) is 18.4 Å². The van der Waals surface area contributed by atoms with E-state index in [1.165, 1.54) is 4.90 Å². The molecule has 4 heterocycles. The van der Waals surface area contributed by atoms with E-state index in [9.17, 15) is 9.59 Å². The van der Waals surface area contributed by atoms with Crippen molar-refractivity contribution < 1.29 is 14.3 Å². The minimum atomic E-state index is -0.0737. The summed E-state index contributed by atoms with van der Waals surface area (Å²) in [5, 5.41) is 0.756. The highest BCUT2D eigenvalue weighted by atomic mass is 32.1. The van der Waals surface area contributed by atoms with Gasteiger partial charge in [-0.1, -0.05) is 6.92 Å². The van der Waals surface area contributed by atoms with E-state index >= 15 is 0 Å². The van der Waals surface area contributed by atoms with Crippen molar-refractivity contribution in [2.75, 3.05) is 50.2 Å². The van der Waals surface area contributed by atoms with E-state index in [1.54, 1.807) is 30.4 Å². The Balaban J connectivity index is 1.72.